The van der Waals surface area contributed by atoms with Gasteiger partial charge in [0.15, 0.2) is 11.5 Å². The minimum Gasteiger partial charge on any atom is -0.497 e. The lowest BCUT2D eigenvalue weighted by Crippen LogP contribution is -2.53. The Morgan fingerprint density at radius 3 is 2.08 bits per heavy atom. The summed E-state index contributed by atoms with van der Waals surface area (Å²) in [6.07, 6.45) is 0.192. The molecular weight excluding hydrogens is 714 g/mol. The van der Waals surface area contributed by atoms with Gasteiger partial charge in [-0.3, -0.25) is 13.9 Å². The van der Waals surface area contributed by atoms with Crippen molar-refractivity contribution in [1.29, 1.82) is 0 Å². The normalized spacial score (nSPS) is 11.6. The molecule has 0 radical (unpaired) electrons. The number of anilines is 1. The zero-order chi connectivity index (χ0) is 35.6. The largest absolute Gasteiger partial charge is 0.497 e. The number of hydrogen-bond donors (Lipinski definition) is 1. The first-order valence-electron chi connectivity index (χ1n) is 15.4. The van der Waals surface area contributed by atoms with Gasteiger partial charge in [-0.05, 0) is 54.4 Å². The van der Waals surface area contributed by atoms with E-state index < -0.39 is 28.5 Å². The van der Waals surface area contributed by atoms with Crippen LogP contribution < -0.4 is 28.6 Å². The van der Waals surface area contributed by atoms with Gasteiger partial charge in [-0.1, -0.05) is 58.4 Å². The van der Waals surface area contributed by atoms with E-state index in [9.17, 15) is 18.0 Å². The molecule has 0 heterocycles. The van der Waals surface area contributed by atoms with Crippen LogP contribution in [0.15, 0.2) is 100 Å². The van der Waals surface area contributed by atoms with Gasteiger partial charge in [-0.25, -0.2) is 8.42 Å². The molecule has 4 rings (SSSR count). The second kappa shape index (κ2) is 17.1. The predicted molar refractivity (Wildman–Crippen MR) is 191 cm³/mol. The maximum Gasteiger partial charge on any atom is 0.265 e. The molecule has 0 spiro atoms. The Morgan fingerprint density at radius 2 is 1.45 bits per heavy atom. The molecule has 0 aromatic heterocycles. The Bertz CT molecular complexity index is 1860. The van der Waals surface area contributed by atoms with Gasteiger partial charge in [0.05, 0.1) is 39.0 Å². The SMILES string of the molecule is CCNC(=O)[C@H](Cc1ccccc1)N(Cc1cccc(Br)c1)C(=O)CN(c1cc(OC)ccc1OC)S(=O)(=O)c1ccc(OC)c(OC)c1. The molecule has 0 saturated carbocycles. The Balaban J connectivity index is 1.89. The second-order valence-electron chi connectivity index (χ2n) is 10.8. The third kappa shape index (κ3) is 9.04. The van der Waals surface area contributed by atoms with E-state index in [-0.39, 0.29) is 41.0 Å². The average Bonchev–Trinajstić information content (AvgIpc) is 3.11. The van der Waals surface area contributed by atoms with E-state index in [1.165, 1.54) is 57.6 Å². The number of sulfonamides is 1. The number of benzene rings is 4. The Morgan fingerprint density at radius 1 is 0.776 bits per heavy atom. The molecule has 0 aliphatic heterocycles. The number of carbonyl (C=O) groups is 2. The fourth-order valence-electron chi connectivity index (χ4n) is 5.29. The first-order valence-corrected chi connectivity index (χ1v) is 17.6. The summed E-state index contributed by atoms with van der Waals surface area (Å²) in [4.78, 5) is 29.7. The summed E-state index contributed by atoms with van der Waals surface area (Å²) in [7, 11) is 1.20. The molecule has 49 heavy (non-hydrogen) atoms. The van der Waals surface area contributed by atoms with Crippen LogP contribution in [-0.4, -0.2) is 72.7 Å². The second-order valence-corrected chi connectivity index (χ2v) is 13.6. The van der Waals surface area contributed by atoms with Gasteiger partial charge in [0.1, 0.15) is 24.1 Å². The number of amides is 2. The Labute approximate surface area is 295 Å². The standard InChI is InChI=1S/C36H40BrN3O8S/c1-6-38-36(42)31(20-25-11-8-7-9-12-25)39(23-26-13-10-14-27(37)19-26)35(41)24-40(30-21-28(45-2)15-17-32(30)46-3)49(43,44)29-16-18-33(47-4)34(22-29)48-5/h7-19,21-22,31H,6,20,23-24H2,1-5H3,(H,38,42)/t31-/m0/s1. The van der Waals surface area contributed by atoms with E-state index in [0.29, 0.717) is 18.0 Å². The van der Waals surface area contributed by atoms with Crippen molar-refractivity contribution in [2.45, 2.75) is 30.8 Å². The van der Waals surface area contributed by atoms with Crippen molar-refractivity contribution in [3.05, 3.63) is 107 Å². The van der Waals surface area contributed by atoms with Gasteiger partial charge in [0.25, 0.3) is 10.0 Å². The topological polar surface area (TPSA) is 124 Å². The molecule has 0 aliphatic rings. The van der Waals surface area contributed by atoms with Crippen molar-refractivity contribution >= 4 is 43.5 Å². The predicted octanol–water partition coefficient (Wildman–Crippen LogP) is 5.46. The number of hydrogen-bond acceptors (Lipinski definition) is 8. The van der Waals surface area contributed by atoms with E-state index >= 15 is 0 Å². The lowest BCUT2D eigenvalue weighted by molar-refractivity contribution is -0.140. The highest BCUT2D eigenvalue weighted by Gasteiger charge is 2.36. The molecule has 0 fully saturated rings. The van der Waals surface area contributed by atoms with Crippen molar-refractivity contribution in [3.8, 4) is 23.0 Å². The molecule has 0 saturated heterocycles. The molecule has 4 aromatic carbocycles. The van der Waals surface area contributed by atoms with Crippen molar-refractivity contribution in [2.24, 2.45) is 0 Å². The van der Waals surface area contributed by atoms with Crippen LogP contribution in [0.5, 0.6) is 23.0 Å². The lowest BCUT2D eigenvalue weighted by atomic mass is 10.0. The number of methoxy groups -OCH3 is 4. The van der Waals surface area contributed by atoms with Gasteiger partial charge in [-0.15, -0.1) is 0 Å². The van der Waals surface area contributed by atoms with E-state index in [1.54, 1.807) is 19.1 Å². The Hall–Kier alpha value is -4.75. The number of ether oxygens (including phenoxy) is 4. The summed E-state index contributed by atoms with van der Waals surface area (Å²) in [6.45, 7) is 1.47. The highest BCUT2D eigenvalue weighted by Crippen LogP contribution is 2.38. The van der Waals surface area contributed by atoms with Crippen LogP contribution in [-0.2, 0) is 32.6 Å². The molecule has 1 atom stereocenters. The fraction of sp³-hybridized carbons (Fsp3) is 0.278. The first-order chi connectivity index (χ1) is 23.6. The van der Waals surface area contributed by atoms with Gasteiger partial charge in [-0.2, -0.15) is 0 Å². The highest BCUT2D eigenvalue weighted by atomic mass is 79.9. The van der Waals surface area contributed by atoms with Gasteiger partial charge < -0.3 is 29.2 Å². The molecule has 0 unspecified atom stereocenters. The summed E-state index contributed by atoms with van der Waals surface area (Å²) < 4.78 is 52.7. The number of nitrogens with one attached hydrogen (secondary N) is 1. The third-order valence-electron chi connectivity index (χ3n) is 7.74. The average molecular weight is 755 g/mol. The molecule has 0 aliphatic carbocycles. The van der Waals surface area contributed by atoms with Gasteiger partial charge in [0, 0.05) is 36.1 Å². The van der Waals surface area contributed by atoms with Crippen molar-refractivity contribution in [2.75, 3.05) is 45.8 Å². The number of nitrogens with zero attached hydrogens (tertiary/aromatic N) is 2. The van der Waals surface area contributed by atoms with Crippen LogP contribution >= 0.6 is 15.9 Å². The fourth-order valence-corrected chi connectivity index (χ4v) is 7.17. The number of carbonyl (C=O) groups excluding carboxylic acids is 2. The van der Waals surface area contributed by atoms with E-state index in [1.807, 2.05) is 54.6 Å². The zero-order valence-electron chi connectivity index (χ0n) is 28.0. The van der Waals surface area contributed by atoms with Crippen LogP contribution in [0.25, 0.3) is 0 Å². The van der Waals surface area contributed by atoms with Crippen LogP contribution in [0.3, 0.4) is 0 Å². The molecule has 11 nitrogen and oxygen atoms in total. The lowest BCUT2D eigenvalue weighted by Gasteiger charge is -2.34. The number of rotatable bonds is 16. The zero-order valence-corrected chi connectivity index (χ0v) is 30.4. The molecule has 260 valence electrons. The van der Waals surface area contributed by atoms with E-state index in [0.717, 1.165) is 19.9 Å². The summed E-state index contributed by atoms with van der Waals surface area (Å²) in [5.74, 6) is 0.0349. The number of halogens is 1. The smallest absolute Gasteiger partial charge is 0.265 e. The molecule has 0 bridgehead atoms. The molecular formula is C36H40BrN3O8S. The molecule has 13 heteroatoms. The Kier molecular flexibility index (Phi) is 12.9. The summed E-state index contributed by atoms with van der Waals surface area (Å²) in [6, 6.07) is 24.6. The summed E-state index contributed by atoms with van der Waals surface area (Å²) in [5.41, 5.74) is 1.62. The van der Waals surface area contributed by atoms with Gasteiger partial charge >= 0.3 is 0 Å². The minimum absolute atomic E-state index is 0.0202. The van der Waals surface area contributed by atoms with E-state index in [4.69, 9.17) is 18.9 Å². The molecule has 2 amide bonds. The minimum atomic E-state index is -4.49. The van der Waals surface area contributed by atoms with Gasteiger partial charge in [0.2, 0.25) is 11.8 Å². The monoisotopic (exact) mass is 753 g/mol. The summed E-state index contributed by atoms with van der Waals surface area (Å²) in [5, 5.41) is 2.86. The maximum atomic E-state index is 14.7. The van der Waals surface area contributed by atoms with Crippen molar-refractivity contribution in [1.82, 2.24) is 10.2 Å². The highest BCUT2D eigenvalue weighted by molar-refractivity contribution is 9.10. The van der Waals surface area contributed by atoms with Crippen molar-refractivity contribution < 1.29 is 37.0 Å². The summed E-state index contributed by atoms with van der Waals surface area (Å²) >= 11 is 3.49. The van der Waals surface area contributed by atoms with E-state index in [2.05, 4.69) is 21.2 Å². The van der Waals surface area contributed by atoms with Crippen LogP contribution in [0.4, 0.5) is 5.69 Å². The number of likely N-dealkylation sites (N-methyl/N-ethyl adjacent to an activating group) is 1. The first kappa shape index (κ1) is 37.1. The van der Waals surface area contributed by atoms with Crippen LogP contribution in [0.2, 0.25) is 0 Å². The van der Waals surface area contributed by atoms with Crippen LogP contribution in [0, 0.1) is 0 Å². The third-order valence-corrected chi connectivity index (χ3v) is 9.99. The molecule has 4 aromatic rings. The van der Waals surface area contributed by atoms with Crippen LogP contribution in [0.1, 0.15) is 18.1 Å². The van der Waals surface area contributed by atoms with Crippen molar-refractivity contribution in [3.63, 3.8) is 0 Å². The molecule has 1 N–H and O–H groups in total. The maximum absolute atomic E-state index is 14.7. The quantitative estimate of drug-likeness (QED) is 0.160.